The maximum absolute atomic E-state index is 12.7. The Morgan fingerprint density at radius 3 is 2.58 bits per heavy atom. The molecule has 2 heterocycles. The second-order valence-electron chi connectivity index (χ2n) is 7.89. The van der Waals surface area contributed by atoms with Crippen LogP contribution in [0.5, 0.6) is 0 Å². The van der Waals surface area contributed by atoms with Crippen LogP contribution in [0.25, 0.3) is 11.1 Å². The van der Waals surface area contributed by atoms with Crippen LogP contribution in [0.3, 0.4) is 0 Å². The summed E-state index contributed by atoms with van der Waals surface area (Å²) in [5.74, 6) is 1.14. The van der Waals surface area contributed by atoms with Gasteiger partial charge in [0.2, 0.25) is 0 Å². The molecule has 0 unspecified atom stereocenters. The largest absolute Gasteiger partial charge is 0.352 e. The number of nitrogens with zero attached hydrogens (tertiary/aromatic N) is 1. The Kier molecular flexibility index (Phi) is 3.50. The molecule has 26 heavy (non-hydrogen) atoms. The fraction of sp³-hybridized carbons (Fsp3) is 0.364. The smallest absolute Gasteiger partial charge is 0.251 e. The quantitative estimate of drug-likeness (QED) is 0.864. The lowest BCUT2D eigenvalue weighted by atomic mass is 9.86. The van der Waals surface area contributed by atoms with E-state index in [1.165, 1.54) is 0 Å². The van der Waals surface area contributed by atoms with Crippen LogP contribution in [0.4, 0.5) is 0 Å². The Balaban J connectivity index is 1.58. The first-order valence-corrected chi connectivity index (χ1v) is 9.37. The molecule has 2 aromatic carbocycles. The molecule has 1 saturated heterocycles. The number of carbonyl (C=O) groups excluding carboxylic acids is 2. The van der Waals surface area contributed by atoms with Gasteiger partial charge in [-0.2, -0.15) is 0 Å². The van der Waals surface area contributed by atoms with E-state index in [1.54, 1.807) is 0 Å². The lowest BCUT2D eigenvalue weighted by molar-refractivity contribution is 0.0950. The van der Waals surface area contributed by atoms with Crippen molar-refractivity contribution in [2.75, 3.05) is 26.7 Å². The average Bonchev–Trinajstić information content (AvgIpc) is 3.18. The maximum Gasteiger partial charge on any atom is 0.251 e. The van der Waals surface area contributed by atoms with E-state index in [1.807, 2.05) is 12.1 Å². The summed E-state index contributed by atoms with van der Waals surface area (Å²) in [6.45, 7) is 2.77. The second kappa shape index (κ2) is 5.78. The van der Waals surface area contributed by atoms with Gasteiger partial charge in [0.25, 0.3) is 5.91 Å². The van der Waals surface area contributed by atoms with Crippen LogP contribution in [0.1, 0.15) is 44.2 Å². The van der Waals surface area contributed by atoms with Crippen LogP contribution in [-0.2, 0) is 6.42 Å². The third kappa shape index (κ3) is 2.40. The zero-order chi connectivity index (χ0) is 17.8. The lowest BCUT2D eigenvalue weighted by Gasteiger charge is -2.17. The first kappa shape index (κ1) is 15.8. The van der Waals surface area contributed by atoms with Gasteiger partial charge in [0.05, 0.1) is 0 Å². The highest BCUT2D eigenvalue weighted by Crippen LogP contribution is 2.37. The molecule has 3 aliphatic rings. The van der Waals surface area contributed by atoms with Gasteiger partial charge in [-0.1, -0.05) is 24.3 Å². The number of nitrogens with one attached hydrogen (secondary N) is 1. The topological polar surface area (TPSA) is 49.4 Å². The van der Waals surface area contributed by atoms with Gasteiger partial charge in [-0.25, -0.2) is 0 Å². The number of rotatable bonds is 1. The van der Waals surface area contributed by atoms with Crippen LogP contribution in [-0.4, -0.2) is 43.3 Å². The van der Waals surface area contributed by atoms with Gasteiger partial charge in [0.15, 0.2) is 5.78 Å². The standard InChI is InChI=1S/C22H22N2O2/c1-24-11-16-10-23-22(26)19-9-15(4-6-17(19)20(16)12-24)14-3-2-13-5-7-21(25)18(13)8-14/h2-4,6,8-9,16,20H,5,7,10-12H2,1H3,(H,23,26)/t16-,20-/m0/s1. The minimum atomic E-state index is 0.0242. The van der Waals surface area contributed by atoms with Crippen molar-refractivity contribution in [3.63, 3.8) is 0 Å². The summed E-state index contributed by atoms with van der Waals surface area (Å²) in [5.41, 5.74) is 5.96. The Hall–Kier alpha value is -2.46. The molecule has 4 nitrogen and oxygen atoms in total. The van der Waals surface area contributed by atoms with Gasteiger partial charge in [-0.3, -0.25) is 9.59 Å². The summed E-state index contributed by atoms with van der Waals surface area (Å²) in [5, 5.41) is 3.10. The van der Waals surface area contributed by atoms with Crippen LogP contribution >= 0.6 is 0 Å². The summed E-state index contributed by atoms with van der Waals surface area (Å²) in [6.07, 6.45) is 1.46. The highest BCUT2D eigenvalue weighted by Gasteiger charge is 2.36. The number of benzene rings is 2. The summed E-state index contributed by atoms with van der Waals surface area (Å²) in [7, 11) is 2.14. The van der Waals surface area contributed by atoms with Gasteiger partial charge < -0.3 is 10.2 Å². The number of fused-ring (bicyclic) bond motifs is 4. The van der Waals surface area contributed by atoms with Crippen LogP contribution in [0.15, 0.2) is 36.4 Å². The Morgan fingerprint density at radius 1 is 0.962 bits per heavy atom. The predicted molar refractivity (Wildman–Crippen MR) is 101 cm³/mol. The fourth-order valence-electron chi connectivity index (χ4n) is 4.84. The number of hydrogen-bond donors (Lipinski definition) is 1. The zero-order valence-corrected chi connectivity index (χ0v) is 14.9. The number of likely N-dealkylation sites (tertiary alicyclic amines) is 1. The van der Waals surface area contributed by atoms with E-state index in [2.05, 4.69) is 41.5 Å². The fourth-order valence-corrected chi connectivity index (χ4v) is 4.84. The van der Waals surface area contributed by atoms with E-state index in [9.17, 15) is 9.59 Å². The summed E-state index contributed by atoms with van der Waals surface area (Å²) in [4.78, 5) is 27.1. The van der Waals surface area contributed by atoms with Crippen LogP contribution < -0.4 is 5.32 Å². The molecular weight excluding hydrogens is 324 g/mol. The lowest BCUT2D eigenvalue weighted by Crippen LogP contribution is -2.29. The molecule has 2 aromatic rings. The number of likely N-dealkylation sites (N-methyl/N-ethyl adjacent to an activating group) is 1. The summed E-state index contributed by atoms with van der Waals surface area (Å²) in [6, 6.07) is 12.4. The Bertz CT molecular complexity index is 934. The molecule has 0 aromatic heterocycles. The summed E-state index contributed by atoms with van der Waals surface area (Å²) < 4.78 is 0. The van der Waals surface area contributed by atoms with E-state index in [-0.39, 0.29) is 11.7 Å². The third-order valence-corrected chi connectivity index (χ3v) is 6.21. The van der Waals surface area contributed by atoms with Crippen molar-refractivity contribution in [2.24, 2.45) is 5.92 Å². The molecule has 0 saturated carbocycles. The van der Waals surface area contributed by atoms with Gasteiger partial charge in [-0.15, -0.1) is 0 Å². The molecule has 132 valence electrons. The molecule has 2 atom stereocenters. The normalized spacial score (nSPS) is 24.7. The molecule has 5 rings (SSSR count). The molecule has 1 N–H and O–H groups in total. The minimum absolute atomic E-state index is 0.0242. The SMILES string of the molecule is CN1C[C@@H]2CNC(=O)c3cc(-c4ccc5c(c4)C(=O)CC5)ccc3[C@H]2C1. The number of amides is 1. The Labute approximate surface area is 153 Å². The summed E-state index contributed by atoms with van der Waals surface area (Å²) >= 11 is 0. The van der Waals surface area contributed by atoms with Gasteiger partial charge in [-0.05, 0) is 53.8 Å². The molecule has 4 heteroatoms. The van der Waals surface area contributed by atoms with E-state index in [0.717, 1.165) is 59.4 Å². The van der Waals surface area contributed by atoms with E-state index in [0.29, 0.717) is 18.3 Å². The van der Waals surface area contributed by atoms with E-state index in [4.69, 9.17) is 0 Å². The molecular formula is C22H22N2O2. The minimum Gasteiger partial charge on any atom is -0.352 e. The Morgan fingerprint density at radius 2 is 1.73 bits per heavy atom. The number of carbonyl (C=O) groups is 2. The maximum atomic E-state index is 12.7. The molecule has 0 radical (unpaired) electrons. The van der Waals surface area contributed by atoms with E-state index < -0.39 is 0 Å². The highest BCUT2D eigenvalue weighted by atomic mass is 16.1. The average molecular weight is 346 g/mol. The van der Waals surface area contributed by atoms with Crippen molar-refractivity contribution in [1.82, 2.24) is 10.2 Å². The molecule has 1 fully saturated rings. The molecule has 2 aliphatic heterocycles. The van der Waals surface area contributed by atoms with Crippen molar-refractivity contribution < 1.29 is 9.59 Å². The van der Waals surface area contributed by atoms with Crippen LogP contribution in [0.2, 0.25) is 0 Å². The van der Waals surface area contributed by atoms with Crippen molar-refractivity contribution in [3.8, 4) is 11.1 Å². The monoisotopic (exact) mass is 346 g/mol. The van der Waals surface area contributed by atoms with Crippen molar-refractivity contribution in [2.45, 2.75) is 18.8 Å². The van der Waals surface area contributed by atoms with Crippen molar-refractivity contribution in [3.05, 3.63) is 58.7 Å². The number of ketones is 1. The number of hydrogen-bond acceptors (Lipinski definition) is 3. The second-order valence-corrected chi connectivity index (χ2v) is 7.89. The number of aryl methyl sites for hydroxylation is 1. The highest BCUT2D eigenvalue weighted by molar-refractivity contribution is 6.02. The first-order valence-electron chi connectivity index (χ1n) is 9.37. The molecule has 1 amide bonds. The van der Waals surface area contributed by atoms with Gasteiger partial charge >= 0.3 is 0 Å². The zero-order valence-electron chi connectivity index (χ0n) is 14.9. The van der Waals surface area contributed by atoms with Crippen LogP contribution in [0, 0.1) is 5.92 Å². The van der Waals surface area contributed by atoms with Crippen molar-refractivity contribution in [1.29, 1.82) is 0 Å². The van der Waals surface area contributed by atoms with Gasteiger partial charge in [0, 0.05) is 43.1 Å². The van der Waals surface area contributed by atoms with Gasteiger partial charge in [0.1, 0.15) is 0 Å². The molecule has 1 aliphatic carbocycles. The predicted octanol–water partition coefficient (Wildman–Crippen LogP) is 2.87. The first-order chi connectivity index (χ1) is 12.6. The number of Topliss-reactive ketones (excluding diaryl/α,β-unsaturated/α-hetero) is 1. The molecule has 0 spiro atoms. The third-order valence-electron chi connectivity index (χ3n) is 6.21. The van der Waals surface area contributed by atoms with E-state index >= 15 is 0 Å². The molecule has 0 bridgehead atoms. The van der Waals surface area contributed by atoms with Crippen molar-refractivity contribution >= 4 is 11.7 Å².